The summed E-state index contributed by atoms with van der Waals surface area (Å²) in [5.74, 6) is -6.06. The van der Waals surface area contributed by atoms with E-state index in [1.165, 1.54) is 50.2 Å². The van der Waals surface area contributed by atoms with Crippen molar-refractivity contribution in [3.8, 4) is 0 Å². The highest BCUT2D eigenvalue weighted by atomic mass is 19.1. The Balaban J connectivity index is 1.82. The van der Waals surface area contributed by atoms with Crippen molar-refractivity contribution < 1.29 is 32.8 Å². The zero-order valence-corrected chi connectivity index (χ0v) is 20.5. The average Bonchev–Trinajstić information content (AvgIpc) is 2.87. The Hall–Kier alpha value is -4.18. The number of carbonyl (C=O) groups is 2. The SMILES string of the molecule is CC1(C)OC(=O)C2(C(=O)O1)C(c1ccc(F)cc1)NC(c1ccc(F)cc1)C([N+](=O)[O-])C2c1ccccc1. The predicted molar refractivity (Wildman–Crippen MR) is 130 cm³/mol. The molecular weight excluding hydrogens is 498 g/mol. The Labute approximate surface area is 216 Å². The van der Waals surface area contributed by atoms with E-state index >= 15 is 0 Å². The molecule has 2 aliphatic rings. The summed E-state index contributed by atoms with van der Waals surface area (Å²) in [5.41, 5.74) is -1.23. The first-order valence-electron chi connectivity index (χ1n) is 12.0. The van der Waals surface area contributed by atoms with Crippen LogP contribution in [0.5, 0.6) is 0 Å². The summed E-state index contributed by atoms with van der Waals surface area (Å²) in [7, 11) is 0. The van der Waals surface area contributed by atoms with E-state index in [2.05, 4.69) is 5.32 Å². The average molecular weight is 523 g/mol. The van der Waals surface area contributed by atoms with Crippen molar-refractivity contribution in [2.24, 2.45) is 5.41 Å². The lowest BCUT2D eigenvalue weighted by Gasteiger charge is -2.52. The summed E-state index contributed by atoms with van der Waals surface area (Å²) in [4.78, 5) is 40.2. The number of nitrogens with one attached hydrogen (secondary N) is 1. The van der Waals surface area contributed by atoms with E-state index in [4.69, 9.17) is 9.47 Å². The van der Waals surface area contributed by atoms with Crippen LogP contribution in [0.25, 0.3) is 0 Å². The predicted octanol–water partition coefficient (Wildman–Crippen LogP) is 4.60. The molecule has 8 nitrogen and oxygen atoms in total. The second-order valence-electron chi connectivity index (χ2n) is 9.89. The van der Waals surface area contributed by atoms with Crippen LogP contribution < -0.4 is 5.32 Å². The quantitative estimate of drug-likeness (QED) is 0.231. The fourth-order valence-electron chi connectivity index (χ4n) is 5.60. The van der Waals surface area contributed by atoms with Crippen molar-refractivity contribution in [2.75, 3.05) is 0 Å². The van der Waals surface area contributed by atoms with Gasteiger partial charge in [0.05, 0.1) is 12.0 Å². The van der Waals surface area contributed by atoms with Crippen LogP contribution in [0.1, 0.15) is 48.5 Å². The molecule has 2 fully saturated rings. The van der Waals surface area contributed by atoms with Crippen molar-refractivity contribution >= 4 is 11.9 Å². The number of esters is 2. The molecule has 0 saturated carbocycles. The van der Waals surface area contributed by atoms with Gasteiger partial charge in [0.2, 0.25) is 6.04 Å². The molecule has 38 heavy (non-hydrogen) atoms. The monoisotopic (exact) mass is 522 g/mol. The molecule has 2 aliphatic heterocycles. The molecule has 5 rings (SSSR count). The van der Waals surface area contributed by atoms with Crippen molar-refractivity contribution in [2.45, 2.75) is 43.7 Å². The van der Waals surface area contributed by atoms with E-state index in [-0.39, 0.29) is 0 Å². The van der Waals surface area contributed by atoms with E-state index in [1.807, 2.05) is 0 Å². The fraction of sp³-hybridized carbons (Fsp3) is 0.286. The molecule has 0 amide bonds. The van der Waals surface area contributed by atoms with Crippen molar-refractivity contribution in [3.05, 3.63) is 117 Å². The Morgan fingerprint density at radius 3 is 1.79 bits per heavy atom. The van der Waals surface area contributed by atoms with Gasteiger partial charge in [0, 0.05) is 18.8 Å². The van der Waals surface area contributed by atoms with Gasteiger partial charge in [0.15, 0.2) is 5.41 Å². The smallest absolute Gasteiger partial charge is 0.329 e. The first kappa shape index (κ1) is 25.5. The number of hydrogen-bond donors (Lipinski definition) is 1. The molecule has 2 heterocycles. The lowest BCUT2D eigenvalue weighted by molar-refractivity contribution is -0.539. The van der Waals surface area contributed by atoms with Gasteiger partial charge in [0.25, 0.3) is 5.79 Å². The van der Waals surface area contributed by atoms with Crippen LogP contribution in [0.3, 0.4) is 0 Å². The molecule has 0 aliphatic carbocycles. The molecule has 10 heteroatoms. The van der Waals surface area contributed by atoms with Crippen LogP contribution in [-0.2, 0) is 19.1 Å². The number of carbonyl (C=O) groups excluding carboxylic acids is 2. The topological polar surface area (TPSA) is 108 Å². The number of nitro groups is 1. The van der Waals surface area contributed by atoms with Gasteiger partial charge in [-0.25, -0.2) is 8.78 Å². The largest absolute Gasteiger partial charge is 0.422 e. The zero-order valence-electron chi connectivity index (χ0n) is 20.5. The first-order valence-corrected chi connectivity index (χ1v) is 12.0. The molecule has 4 unspecified atom stereocenters. The molecule has 196 valence electrons. The summed E-state index contributed by atoms with van der Waals surface area (Å²) in [6.45, 7) is 2.78. The van der Waals surface area contributed by atoms with Gasteiger partial charge in [0.1, 0.15) is 17.7 Å². The van der Waals surface area contributed by atoms with E-state index in [0.717, 1.165) is 12.1 Å². The Morgan fingerprint density at radius 1 is 0.789 bits per heavy atom. The lowest BCUT2D eigenvalue weighted by atomic mass is 9.58. The maximum Gasteiger partial charge on any atom is 0.329 e. The van der Waals surface area contributed by atoms with Crippen LogP contribution >= 0.6 is 0 Å². The molecule has 3 aromatic carbocycles. The maximum atomic E-state index is 14.0. The number of rotatable bonds is 4. The third kappa shape index (κ3) is 4.10. The highest BCUT2D eigenvalue weighted by Crippen LogP contribution is 2.58. The highest BCUT2D eigenvalue weighted by Gasteiger charge is 2.72. The van der Waals surface area contributed by atoms with Gasteiger partial charge in [-0.05, 0) is 41.0 Å². The summed E-state index contributed by atoms with van der Waals surface area (Å²) in [5, 5.41) is 15.9. The minimum absolute atomic E-state index is 0.315. The van der Waals surface area contributed by atoms with Gasteiger partial charge in [-0.2, -0.15) is 0 Å². The normalized spacial score (nSPS) is 25.9. The van der Waals surface area contributed by atoms with Crippen LogP contribution in [0.15, 0.2) is 78.9 Å². The molecule has 0 aromatic heterocycles. The maximum absolute atomic E-state index is 14.0. The Kier molecular flexibility index (Phi) is 6.22. The third-order valence-corrected chi connectivity index (χ3v) is 7.16. The molecule has 3 aromatic rings. The van der Waals surface area contributed by atoms with E-state index in [9.17, 15) is 28.5 Å². The van der Waals surface area contributed by atoms with E-state index in [0.29, 0.717) is 16.7 Å². The van der Waals surface area contributed by atoms with Gasteiger partial charge < -0.3 is 9.47 Å². The molecule has 0 bridgehead atoms. The van der Waals surface area contributed by atoms with Crippen LogP contribution in [0.4, 0.5) is 8.78 Å². The van der Waals surface area contributed by atoms with E-state index < -0.39 is 63.7 Å². The van der Waals surface area contributed by atoms with Crippen LogP contribution in [0, 0.1) is 27.2 Å². The van der Waals surface area contributed by atoms with Gasteiger partial charge >= 0.3 is 11.9 Å². The minimum Gasteiger partial charge on any atom is -0.422 e. The number of halogens is 2. The number of nitrogens with zero attached hydrogens (tertiary/aromatic N) is 1. The van der Waals surface area contributed by atoms with Crippen LogP contribution in [-0.4, -0.2) is 28.7 Å². The highest BCUT2D eigenvalue weighted by molar-refractivity contribution is 6.04. The zero-order chi connectivity index (χ0) is 27.2. The number of hydrogen-bond acceptors (Lipinski definition) is 7. The molecule has 2 saturated heterocycles. The van der Waals surface area contributed by atoms with Crippen molar-refractivity contribution in [1.29, 1.82) is 0 Å². The third-order valence-electron chi connectivity index (χ3n) is 7.16. The van der Waals surface area contributed by atoms with Gasteiger partial charge in [-0.1, -0.05) is 54.6 Å². The van der Waals surface area contributed by atoms with Gasteiger partial charge in [-0.15, -0.1) is 0 Å². The second-order valence-corrected chi connectivity index (χ2v) is 9.89. The molecule has 4 atom stereocenters. The fourth-order valence-corrected chi connectivity index (χ4v) is 5.60. The lowest BCUT2D eigenvalue weighted by Crippen LogP contribution is -2.68. The van der Waals surface area contributed by atoms with Gasteiger partial charge in [-0.3, -0.25) is 25.0 Å². The summed E-state index contributed by atoms with van der Waals surface area (Å²) < 4.78 is 38.8. The number of cyclic esters (lactones) is 2. The summed E-state index contributed by atoms with van der Waals surface area (Å²) in [6, 6.07) is 14.6. The Bertz CT molecular complexity index is 1360. The number of ether oxygens (including phenoxy) is 2. The molecule has 1 N–H and O–H groups in total. The molecule has 0 radical (unpaired) electrons. The summed E-state index contributed by atoms with van der Waals surface area (Å²) >= 11 is 0. The molecular formula is C28H24F2N2O6. The Morgan fingerprint density at radius 2 is 1.29 bits per heavy atom. The van der Waals surface area contributed by atoms with Crippen LogP contribution in [0.2, 0.25) is 0 Å². The minimum atomic E-state index is -2.25. The van der Waals surface area contributed by atoms with Crippen molar-refractivity contribution in [1.82, 2.24) is 5.32 Å². The number of piperidine rings is 1. The standard InChI is InChI=1S/C28H24F2N2O6/c1-27(2)37-25(33)28(26(34)38-27)21(16-6-4-3-5-7-16)23(32(35)36)22(17-8-12-19(29)13-9-17)31-24(28)18-10-14-20(30)15-11-18/h3-15,21-24,31H,1-2H3. The summed E-state index contributed by atoms with van der Waals surface area (Å²) in [6.07, 6.45) is 0. The van der Waals surface area contributed by atoms with Crippen molar-refractivity contribution in [3.63, 3.8) is 0 Å². The number of benzene rings is 3. The molecule has 1 spiro atoms. The second kappa shape index (κ2) is 9.29. The van der Waals surface area contributed by atoms with E-state index in [1.54, 1.807) is 30.3 Å². The first-order chi connectivity index (χ1) is 18.0.